The summed E-state index contributed by atoms with van der Waals surface area (Å²) in [6, 6.07) is 47.1. The molecule has 0 unspecified atom stereocenters. The summed E-state index contributed by atoms with van der Waals surface area (Å²) in [7, 11) is 0. The van der Waals surface area contributed by atoms with E-state index in [1.807, 2.05) is 97.4 Å². The van der Waals surface area contributed by atoms with Crippen molar-refractivity contribution in [3.8, 4) is 22.5 Å². The Morgan fingerprint density at radius 2 is 1.31 bits per heavy atom. The average Bonchev–Trinajstić information content (AvgIpc) is 3.63. The van der Waals surface area contributed by atoms with E-state index in [0.717, 1.165) is 45.4 Å². The zero-order chi connectivity index (χ0) is 33.3. The van der Waals surface area contributed by atoms with Crippen molar-refractivity contribution in [2.45, 2.75) is 44.8 Å². The second kappa shape index (κ2) is 14.7. The van der Waals surface area contributed by atoms with Gasteiger partial charge in [0.2, 0.25) is 5.91 Å². The van der Waals surface area contributed by atoms with Crippen molar-refractivity contribution >= 4 is 12.1 Å². The average molecular weight is 635 g/mol. The standard InChI is InChI=1S/C40H38N6O2/c1-3-15-38(47)45(30(2)28-41-48)29-31-24-26-32(27-25-31)36-22-13-14-23-37(36)39-42-43-44-46(39)40(33-16-7-4-8-17-33,34-18-9-5-10-19-34)35-20-11-6-12-21-35/h4-14,16-28,30,48H,3,15,29H2,1-2H3/b41-28+/t30-/m0/s1. The molecule has 0 radical (unpaired) electrons. The van der Waals surface area contributed by atoms with Crippen LogP contribution in [0.1, 0.15) is 48.9 Å². The van der Waals surface area contributed by atoms with Crippen molar-refractivity contribution in [3.63, 3.8) is 0 Å². The Morgan fingerprint density at radius 1 is 0.792 bits per heavy atom. The molecule has 0 aliphatic heterocycles. The summed E-state index contributed by atoms with van der Waals surface area (Å²) < 4.78 is 1.95. The fraction of sp³-hybridized carbons (Fsp3) is 0.175. The molecule has 1 amide bonds. The van der Waals surface area contributed by atoms with E-state index in [2.05, 4.69) is 76.1 Å². The lowest BCUT2D eigenvalue weighted by molar-refractivity contribution is -0.132. The maximum atomic E-state index is 12.9. The molecule has 0 aliphatic rings. The van der Waals surface area contributed by atoms with Crippen molar-refractivity contribution < 1.29 is 10.0 Å². The molecule has 0 saturated heterocycles. The van der Waals surface area contributed by atoms with Crippen molar-refractivity contribution in [3.05, 3.63) is 162 Å². The summed E-state index contributed by atoms with van der Waals surface area (Å²) in [5, 5.41) is 26.0. The lowest BCUT2D eigenvalue weighted by atomic mass is 9.77. The molecule has 1 aromatic heterocycles. The molecule has 0 fully saturated rings. The summed E-state index contributed by atoms with van der Waals surface area (Å²) in [4.78, 5) is 14.6. The van der Waals surface area contributed by atoms with E-state index in [1.54, 1.807) is 4.90 Å². The molecule has 8 heteroatoms. The van der Waals surface area contributed by atoms with Crippen molar-refractivity contribution in [2.24, 2.45) is 5.16 Å². The van der Waals surface area contributed by atoms with Gasteiger partial charge in [0.15, 0.2) is 5.82 Å². The van der Waals surface area contributed by atoms with Crippen LogP contribution in [0.15, 0.2) is 145 Å². The Morgan fingerprint density at radius 3 is 1.83 bits per heavy atom. The first-order chi connectivity index (χ1) is 23.6. The van der Waals surface area contributed by atoms with Gasteiger partial charge < -0.3 is 10.1 Å². The van der Waals surface area contributed by atoms with Gasteiger partial charge in [-0.05, 0) is 57.2 Å². The Balaban J connectivity index is 1.46. The second-order valence-corrected chi connectivity index (χ2v) is 11.7. The predicted molar refractivity (Wildman–Crippen MR) is 188 cm³/mol. The monoisotopic (exact) mass is 634 g/mol. The molecule has 240 valence electrons. The third kappa shape index (κ3) is 6.25. The summed E-state index contributed by atoms with van der Waals surface area (Å²) in [6.45, 7) is 4.23. The summed E-state index contributed by atoms with van der Waals surface area (Å²) in [6.07, 6.45) is 2.55. The van der Waals surface area contributed by atoms with E-state index in [1.165, 1.54) is 6.21 Å². The highest BCUT2D eigenvalue weighted by molar-refractivity contribution is 5.82. The first-order valence-corrected chi connectivity index (χ1v) is 16.2. The van der Waals surface area contributed by atoms with Gasteiger partial charge in [-0.15, -0.1) is 5.10 Å². The number of tetrazole rings is 1. The third-order valence-electron chi connectivity index (χ3n) is 8.71. The van der Waals surface area contributed by atoms with Gasteiger partial charge in [0.25, 0.3) is 0 Å². The van der Waals surface area contributed by atoms with E-state index in [4.69, 9.17) is 10.4 Å². The number of amides is 1. The maximum Gasteiger partial charge on any atom is 0.223 e. The van der Waals surface area contributed by atoms with Gasteiger partial charge in [-0.1, -0.05) is 152 Å². The molecule has 0 spiro atoms. The van der Waals surface area contributed by atoms with Gasteiger partial charge in [-0.2, -0.15) is 0 Å². The van der Waals surface area contributed by atoms with Crippen LogP contribution in [0.25, 0.3) is 22.5 Å². The minimum absolute atomic E-state index is 0.0184. The zero-order valence-electron chi connectivity index (χ0n) is 27.1. The van der Waals surface area contributed by atoms with E-state index >= 15 is 0 Å². The molecule has 0 saturated carbocycles. The Bertz CT molecular complexity index is 1860. The highest BCUT2D eigenvalue weighted by atomic mass is 16.4. The number of benzene rings is 5. The fourth-order valence-corrected chi connectivity index (χ4v) is 6.40. The molecule has 5 aromatic carbocycles. The molecule has 6 aromatic rings. The molecule has 6 rings (SSSR count). The summed E-state index contributed by atoms with van der Waals surface area (Å²) in [5.41, 5.74) is 6.03. The van der Waals surface area contributed by atoms with E-state index in [9.17, 15) is 4.79 Å². The first-order valence-electron chi connectivity index (χ1n) is 16.2. The third-order valence-corrected chi connectivity index (χ3v) is 8.71. The van der Waals surface area contributed by atoms with Crippen LogP contribution in [-0.2, 0) is 16.9 Å². The van der Waals surface area contributed by atoms with Gasteiger partial charge in [0.1, 0.15) is 5.54 Å². The zero-order valence-corrected chi connectivity index (χ0v) is 27.1. The van der Waals surface area contributed by atoms with Crippen LogP contribution in [0.3, 0.4) is 0 Å². The van der Waals surface area contributed by atoms with Crippen LogP contribution in [0.5, 0.6) is 0 Å². The topological polar surface area (TPSA) is 96.5 Å². The van der Waals surface area contributed by atoms with Crippen LogP contribution < -0.4 is 0 Å². The molecule has 0 bridgehead atoms. The summed E-state index contributed by atoms with van der Waals surface area (Å²) >= 11 is 0. The smallest absolute Gasteiger partial charge is 0.223 e. The molecule has 1 N–H and O–H groups in total. The largest absolute Gasteiger partial charge is 0.411 e. The normalized spacial score (nSPS) is 12.2. The molecular formula is C40H38N6O2. The highest BCUT2D eigenvalue weighted by Crippen LogP contribution is 2.43. The first kappa shape index (κ1) is 32.1. The Kier molecular flexibility index (Phi) is 9.81. The lowest BCUT2D eigenvalue weighted by Crippen LogP contribution is -2.39. The predicted octanol–water partition coefficient (Wildman–Crippen LogP) is 7.82. The van der Waals surface area contributed by atoms with Gasteiger partial charge in [0, 0.05) is 18.5 Å². The van der Waals surface area contributed by atoms with E-state index in [-0.39, 0.29) is 11.9 Å². The number of rotatable bonds is 12. The molecule has 1 heterocycles. The number of hydrogen-bond acceptors (Lipinski definition) is 6. The van der Waals surface area contributed by atoms with E-state index < -0.39 is 5.54 Å². The Labute approximate surface area is 281 Å². The minimum atomic E-state index is -0.872. The number of oxime groups is 1. The number of aromatic nitrogens is 4. The van der Waals surface area contributed by atoms with Crippen molar-refractivity contribution in [2.75, 3.05) is 0 Å². The van der Waals surface area contributed by atoms with Crippen molar-refractivity contribution in [1.29, 1.82) is 0 Å². The molecule has 8 nitrogen and oxygen atoms in total. The molecule has 0 aliphatic carbocycles. The number of carbonyl (C=O) groups is 1. The molecule has 1 atom stereocenters. The SMILES string of the molecule is CCCC(=O)N(Cc1ccc(-c2ccccc2-c2nnnn2C(c2ccccc2)(c2ccccc2)c2ccccc2)cc1)[C@@H](C)/C=N/O. The van der Waals surface area contributed by atoms with Crippen LogP contribution in [0.4, 0.5) is 0 Å². The van der Waals surface area contributed by atoms with Gasteiger partial charge >= 0.3 is 0 Å². The quantitative estimate of drug-likeness (QED) is 0.0641. The van der Waals surface area contributed by atoms with Crippen LogP contribution >= 0.6 is 0 Å². The number of carbonyl (C=O) groups excluding carboxylic acids is 1. The number of nitrogens with zero attached hydrogens (tertiary/aromatic N) is 6. The lowest BCUT2D eigenvalue weighted by Gasteiger charge is -2.36. The Hall–Kier alpha value is -5.89. The number of hydrogen-bond donors (Lipinski definition) is 1. The van der Waals surface area contributed by atoms with Crippen LogP contribution in [-0.4, -0.2) is 48.5 Å². The molecule has 48 heavy (non-hydrogen) atoms. The van der Waals surface area contributed by atoms with Gasteiger partial charge in [0.05, 0.1) is 12.3 Å². The van der Waals surface area contributed by atoms with Crippen LogP contribution in [0, 0.1) is 0 Å². The fourth-order valence-electron chi connectivity index (χ4n) is 6.40. The minimum Gasteiger partial charge on any atom is -0.411 e. The van der Waals surface area contributed by atoms with Crippen LogP contribution in [0.2, 0.25) is 0 Å². The maximum absolute atomic E-state index is 12.9. The van der Waals surface area contributed by atoms with Gasteiger partial charge in [-0.3, -0.25) is 4.79 Å². The molecular weight excluding hydrogens is 596 g/mol. The van der Waals surface area contributed by atoms with Crippen molar-refractivity contribution in [1.82, 2.24) is 25.1 Å². The summed E-state index contributed by atoms with van der Waals surface area (Å²) in [5.74, 6) is 0.643. The van der Waals surface area contributed by atoms with Gasteiger partial charge in [-0.25, -0.2) is 4.68 Å². The van der Waals surface area contributed by atoms with E-state index in [0.29, 0.717) is 18.8 Å². The second-order valence-electron chi connectivity index (χ2n) is 11.7. The highest BCUT2D eigenvalue weighted by Gasteiger charge is 2.42.